The highest BCUT2D eigenvalue weighted by Gasteiger charge is 2.43. The van der Waals surface area contributed by atoms with Gasteiger partial charge in [0.1, 0.15) is 11.3 Å². The Kier molecular flexibility index (Phi) is 4.53. The molecule has 0 amide bonds. The molecule has 0 saturated heterocycles. The Hall–Kier alpha value is -1.71. The van der Waals surface area contributed by atoms with E-state index >= 15 is 0 Å². The van der Waals surface area contributed by atoms with Crippen molar-refractivity contribution >= 4 is 11.7 Å². The average molecular weight is 277 g/mol. The number of esters is 1. The molecule has 1 aromatic rings. The molecular weight excluding hydrogens is 254 g/mol. The summed E-state index contributed by atoms with van der Waals surface area (Å²) in [5.41, 5.74) is 0.204. The minimum Gasteiger partial charge on any atom is -0.495 e. The zero-order valence-electron chi connectivity index (χ0n) is 12.4. The third-order valence-corrected chi connectivity index (χ3v) is 4.05. The van der Waals surface area contributed by atoms with Crippen LogP contribution >= 0.6 is 0 Å². The van der Waals surface area contributed by atoms with Gasteiger partial charge in [0.05, 0.1) is 19.9 Å². The van der Waals surface area contributed by atoms with Crippen molar-refractivity contribution in [2.24, 2.45) is 5.92 Å². The minimum absolute atomic E-state index is 0.185. The summed E-state index contributed by atoms with van der Waals surface area (Å²) in [6.07, 6.45) is 3.77. The predicted octanol–water partition coefficient (Wildman–Crippen LogP) is 3.23. The van der Waals surface area contributed by atoms with Gasteiger partial charge in [0, 0.05) is 0 Å². The SMILES string of the molecule is COC(=O)C1(Nc2ccccc2OC)CCCC(C)C1. The number of rotatable bonds is 4. The van der Waals surface area contributed by atoms with Crippen LogP contribution in [0, 0.1) is 5.92 Å². The summed E-state index contributed by atoms with van der Waals surface area (Å²) >= 11 is 0. The number of benzene rings is 1. The molecule has 4 heteroatoms. The normalized spacial score (nSPS) is 25.9. The van der Waals surface area contributed by atoms with Crippen LogP contribution in [0.5, 0.6) is 5.75 Å². The molecule has 0 radical (unpaired) electrons. The van der Waals surface area contributed by atoms with Crippen LogP contribution in [-0.4, -0.2) is 25.7 Å². The van der Waals surface area contributed by atoms with Crippen LogP contribution in [0.2, 0.25) is 0 Å². The largest absolute Gasteiger partial charge is 0.495 e. The van der Waals surface area contributed by atoms with E-state index in [1.807, 2.05) is 24.3 Å². The number of nitrogens with one attached hydrogen (secondary N) is 1. The Morgan fingerprint density at radius 1 is 1.35 bits per heavy atom. The molecule has 0 heterocycles. The van der Waals surface area contributed by atoms with Crippen LogP contribution in [0.25, 0.3) is 0 Å². The highest BCUT2D eigenvalue weighted by Crippen LogP contribution is 2.38. The first-order chi connectivity index (χ1) is 9.61. The fourth-order valence-electron chi connectivity index (χ4n) is 3.10. The van der Waals surface area contributed by atoms with Crippen molar-refractivity contribution in [1.82, 2.24) is 0 Å². The van der Waals surface area contributed by atoms with Crippen LogP contribution in [0.3, 0.4) is 0 Å². The lowest BCUT2D eigenvalue weighted by Gasteiger charge is -2.39. The monoisotopic (exact) mass is 277 g/mol. The fraction of sp³-hybridized carbons (Fsp3) is 0.562. The molecule has 0 spiro atoms. The van der Waals surface area contributed by atoms with Gasteiger partial charge < -0.3 is 14.8 Å². The number of anilines is 1. The van der Waals surface area contributed by atoms with Crippen molar-refractivity contribution in [1.29, 1.82) is 0 Å². The van der Waals surface area contributed by atoms with Crippen LogP contribution in [-0.2, 0) is 9.53 Å². The topological polar surface area (TPSA) is 47.6 Å². The van der Waals surface area contributed by atoms with Gasteiger partial charge >= 0.3 is 5.97 Å². The van der Waals surface area contributed by atoms with Gasteiger partial charge in [-0.15, -0.1) is 0 Å². The molecule has 2 rings (SSSR count). The van der Waals surface area contributed by atoms with E-state index in [0.29, 0.717) is 5.92 Å². The third-order valence-electron chi connectivity index (χ3n) is 4.05. The fourth-order valence-corrected chi connectivity index (χ4v) is 3.10. The Bertz CT molecular complexity index is 475. The van der Waals surface area contributed by atoms with Crippen molar-refractivity contribution in [3.8, 4) is 5.75 Å². The lowest BCUT2D eigenvalue weighted by atomic mass is 9.76. The van der Waals surface area contributed by atoms with Crippen LogP contribution in [0.4, 0.5) is 5.69 Å². The number of para-hydroxylation sites is 2. The molecule has 20 heavy (non-hydrogen) atoms. The van der Waals surface area contributed by atoms with Gasteiger partial charge in [0.2, 0.25) is 0 Å². The molecule has 1 saturated carbocycles. The number of carbonyl (C=O) groups excluding carboxylic acids is 1. The first-order valence-electron chi connectivity index (χ1n) is 7.11. The first-order valence-corrected chi connectivity index (χ1v) is 7.11. The minimum atomic E-state index is -0.638. The summed E-state index contributed by atoms with van der Waals surface area (Å²) in [7, 11) is 3.09. The molecule has 1 aliphatic carbocycles. The predicted molar refractivity (Wildman–Crippen MR) is 79.0 cm³/mol. The maximum atomic E-state index is 12.3. The number of methoxy groups -OCH3 is 2. The van der Waals surface area contributed by atoms with Crippen molar-refractivity contribution in [3.05, 3.63) is 24.3 Å². The van der Waals surface area contributed by atoms with E-state index in [2.05, 4.69) is 12.2 Å². The molecule has 1 N–H and O–H groups in total. The van der Waals surface area contributed by atoms with E-state index < -0.39 is 5.54 Å². The molecule has 1 fully saturated rings. The maximum Gasteiger partial charge on any atom is 0.331 e. The summed E-state index contributed by atoms with van der Waals surface area (Å²) in [5.74, 6) is 1.06. The zero-order valence-corrected chi connectivity index (χ0v) is 12.4. The van der Waals surface area contributed by atoms with Crippen LogP contribution in [0.1, 0.15) is 32.6 Å². The third kappa shape index (κ3) is 2.89. The summed E-state index contributed by atoms with van der Waals surface area (Å²) in [6.45, 7) is 2.18. The Morgan fingerprint density at radius 3 is 2.75 bits per heavy atom. The van der Waals surface area contributed by atoms with Crippen molar-refractivity contribution in [2.75, 3.05) is 19.5 Å². The van der Waals surface area contributed by atoms with Gasteiger partial charge in [-0.1, -0.05) is 31.9 Å². The van der Waals surface area contributed by atoms with Gasteiger partial charge in [-0.3, -0.25) is 0 Å². The average Bonchev–Trinajstić information content (AvgIpc) is 2.47. The van der Waals surface area contributed by atoms with Gasteiger partial charge in [-0.2, -0.15) is 0 Å². The number of carbonyl (C=O) groups is 1. The molecule has 1 aromatic carbocycles. The van der Waals surface area contributed by atoms with Crippen molar-refractivity contribution in [3.63, 3.8) is 0 Å². The molecule has 0 bridgehead atoms. The van der Waals surface area contributed by atoms with Gasteiger partial charge in [0.15, 0.2) is 0 Å². The Morgan fingerprint density at radius 2 is 2.10 bits per heavy atom. The van der Waals surface area contributed by atoms with E-state index in [4.69, 9.17) is 9.47 Å². The summed E-state index contributed by atoms with van der Waals surface area (Å²) < 4.78 is 10.4. The lowest BCUT2D eigenvalue weighted by molar-refractivity contribution is -0.147. The van der Waals surface area contributed by atoms with E-state index in [-0.39, 0.29) is 5.97 Å². The highest BCUT2D eigenvalue weighted by molar-refractivity contribution is 5.85. The smallest absolute Gasteiger partial charge is 0.331 e. The summed E-state index contributed by atoms with van der Waals surface area (Å²) in [6, 6.07) is 7.67. The first kappa shape index (κ1) is 14.7. The van der Waals surface area contributed by atoms with Crippen molar-refractivity contribution in [2.45, 2.75) is 38.1 Å². The Labute approximate surface area is 120 Å². The second kappa shape index (κ2) is 6.16. The number of ether oxygens (including phenoxy) is 2. The van der Waals surface area contributed by atoms with Gasteiger partial charge in [-0.25, -0.2) is 4.79 Å². The van der Waals surface area contributed by atoms with Crippen LogP contribution < -0.4 is 10.1 Å². The van der Waals surface area contributed by atoms with E-state index in [9.17, 15) is 4.79 Å². The number of hydrogen-bond donors (Lipinski definition) is 1. The molecule has 2 unspecified atom stereocenters. The second-order valence-corrected chi connectivity index (χ2v) is 5.60. The maximum absolute atomic E-state index is 12.3. The lowest BCUT2D eigenvalue weighted by Crippen LogP contribution is -2.50. The van der Waals surface area contributed by atoms with E-state index in [1.165, 1.54) is 7.11 Å². The van der Waals surface area contributed by atoms with Crippen molar-refractivity contribution < 1.29 is 14.3 Å². The molecule has 0 aromatic heterocycles. The highest BCUT2D eigenvalue weighted by atomic mass is 16.5. The van der Waals surface area contributed by atoms with Gasteiger partial charge in [-0.05, 0) is 30.9 Å². The number of hydrogen-bond acceptors (Lipinski definition) is 4. The zero-order chi connectivity index (χ0) is 14.6. The van der Waals surface area contributed by atoms with Crippen LogP contribution in [0.15, 0.2) is 24.3 Å². The quantitative estimate of drug-likeness (QED) is 0.858. The second-order valence-electron chi connectivity index (χ2n) is 5.60. The molecule has 1 aliphatic rings. The molecule has 110 valence electrons. The standard InChI is InChI=1S/C16H23NO3/c1-12-7-6-10-16(11-12,15(18)20-3)17-13-8-4-5-9-14(13)19-2/h4-5,8-9,12,17H,6-7,10-11H2,1-3H3. The summed E-state index contributed by atoms with van der Waals surface area (Å²) in [4.78, 5) is 12.3. The summed E-state index contributed by atoms with van der Waals surface area (Å²) in [5, 5.41) is 3.40. The van der Waals surface area contributed by atoms with E-state index in [1.54, 1.807) is 7.11 Å². The molecular formula is C16H23NO3. The van der Waals surface area contributed by atoms with Gasteiger partial charge in [0.25, 0.3) is 0 Å². The molecule has 0 aliphatic heterocycles. The molecule has 2 atom stereocenters. The van der Waals surface area contributed by atoms with E-state index in [0.717, 1.165) is 37.1 Å². The Balaban J connectivity index is 2.30. The molecule has 4 nitrogen and oxygen atoms in total.